The Kier molecular flexibility index (Phi) is 4.24. The molecule has 0 aromatic carbocycles. The molecule has 6 heteroatoms. The minimum Gasteiger partial charge on any atom is -0.409 e. The molecule has 0 radical (unpaired) electrons. The molecule has 0 bridgehead atoms. The average molecular weight is 289 g/mol. The smallest absolute Gasteiger partial charge is 0.173 e. The quantitative estimate of drug-likeness (QED) is 0.379. The molecule has 6 nitrogen and oxygen atoms in total. The van der Waals surface area contributed by atoms with Crippen molar-refractivity contribution in [2.45, 2.75) is 31.7 Å². The molecule has 0 unspecified atom stereocenters. The van der Waals surface area contributed by atoms with Crippen molar-refractivity contribution in [3.63, 3.8) is 0 Å². The predicted molar refractivity (Wildman–Crippen MR) is 82.8 cm³/mol. The Morgan fingerprint density at radius 3 is 2.62 bits per heavy atom. The van der Waals surface area contributed by atoms with Crippen molar-refractivity contribution < 1.29 is 5.21 Å². The summed E-state index contributed by atoms with van der Waals surface area (Å²) in [6, 6.07) is 4.44. The molecule has 1 aliphatic heterocycles. The molecule has 0 spiro atoms. The topological polar surface area (TPSA) is 78.0 Å². The zero-order valence-electron chi connectivity index (χ0n) is 12.3. The van der Waals surface area contributed by atoms with Gasteiger partial charge in [0.25, 0.3) is 0 Å². The van der Waals surface area contributed by atoms with Gasteiger partial charge in [-0.25, -0.2) is 4.98 Å². The number of aromatic nitrogens is 1. The normalized spacial score (nSPS) is 21.9. The van der Waals surface area contributed by atoms with Crippen molar-refractivity contribution in [3.05, 3.63) is 23.9 Å². The van der Waals surface area contributed by atoms with E-state index in [1.165, 1.54) is 25.7 Å². The first-order valence-electron chi connectivity index (χ1n) is 7.71. The van der Waals surface area contributed by atoms with Crippen LogP contribution >= 0.6 is 0 Å². The van der Waals surface area contributed by atoms with Gasteiger partial charge in [0.2, 0.25) is 0 Å². The van der Waals surface area contributed by atoms with Gasteiger partial charge in [0.05, 0.1) is 5.56 Å². The summed E-state index contributed by atoms with van der Waals surface area (Å²) < 4.78 is 0. The number of nitrogens with two attached hydrogens (primary N) is 1. The fraction of sp³-hybridized carbons (Fsp3) is 0.600. The lowest BCUT2D eigenvalue weighted by molar-refractivity contribution is 0.187. The third-order valence-corrected chi connectivity index (χ3v) is 4.63. The van der Waals surface area contributed by atoms with Gasteiger partial charge in [-0.15, -0.1) is 0 Å². The van der Waals surface area contributed by atoms with Gasteiger partial charge in [-0.1, -0.05) is 18.0 Å². The molecule has 1 saturated carbocycles. The van der Waals surface area contributed by atoms with Crippen molar-refractivity contribution in [1.82, 2.24) is 9.88 Å². The molecule has 2 aliphatic rings. The van der Waals surface area contributed by atoms with Gasteiger partial charge in [0.1, 0.15) is 5.82 Å². The van der Waals surface area contributed by atoms with Crippen LogP contribution in [0.2, 0.25) is 0 Å². The summed E-state index contributed by atoms with van der Waals surface area (Å²) in [6.07, 6.45) is 7.20. The van der Waals surface area contributed by atoms with Crippen LogP contribution in [0, 0.1) is 0 Å². The number of nitrogens with zero attached hydrogens (tertiary/aromatic N) is 4. The summed E-state index contributed by atoms with van der Waals surface area (Å²) in [5.41, 5.74) is 6.45. The van der Waals surface area contributed by atoms with Crippen LogP contribution in [0.4, 0.5) is 5.82 Å². The first kappa shape index (κ1) is 14.1. The van der Waals surface area contributed by atoms with Crippen LogP contribution < -0.4 is 10.6 Å². The second-order valence-electron chi connectivity index (χ2n) is 5.82. The fourth-order valence-corrected chi connectivity index (χ4v) is 3.47. The van der Waals surface area contributed by atoms with Gasteiger partial charge in [0, 0.05) is 38.4 Å². The first-order chi connectivity index (χ1) is 10.3. The summed E-state index contributed by atoms with van der Waals surface area (Å²) in [7, 11) is 0. The van der Waals surface area contributed by atoms with Crippen LogP contribution in [0.1, 0.15) is 31.2 Å². The summed E-state index contributed by atoms with van der Waals surface area (Å²) in [4.78, 5) is 9.27. The van der Waals surface area contributed by atoms with E-state index in [1.807, 2.05) is 12.1 Å². The molecule has 114 valence electrons. The molecule has 0 amide bonds. The van der Waals surface area contributed by atoms with Gasteiger partial charge in [-0.05, 0) is 25.0 Å². The van der Waals surface area contributed by atoms with E-state index in [9.17, 15) is 0 Å². The van der Waals surface area contributed by atoms with E-state index in [0.717, 1.165) is 38.0 Å². The number of piperazine rings is 1. The van der Waals surface area contributed by atoms with E-state index in [1.54, 1.807) is 6.20 Å². The van der Waals surface area contributed by atoms with E-state index in [4.69, 9.17) is 10.9 Å². The Morgan fingerprint density at radius 1 is 1.24 bits per heavy atom. The maximum atomic E-state index is 8.91. The largest absolute Gasteiger partial charge is 0.409 e. The number of anilines is 1. The number of oxime groups is 1. The van der Waals surface area contributed by atoms with E-state index >= 15 is 0 Å². The summed E-state index contributed by atoms with van der Waals surface area (Å²) in [6.45, 7) is 4.02. The SMILES string of the molecule is NC(=NO)c1cccnc1N1CCN(C2CCCC2)CC1. The minimum atomic E-state index is 0.122. The van der Waals surface area contributed by atoms with Crippen LogP contribution in [0.3, 0.4) is 0 Å². The average Bonchev–Trinajstić information content (AvgIpc) is 3.09. The van der Waals surface area contributed by atoms with Crippen molar-refractivity contribution in [1.29, 1.82) is 0 Å². The van der Waals surface area contributed by atoms with Crippen LogP contribution in [0.25, 0.3) is 0 Å². The summed E-state index contributed by atoms with van der Waals surface area (Å²) in [5.74, 6) is 0.940. The maximum absolute atomic E-state index is 8.91. The summed E-state index contributed by atoms with van der Waals surface area (Å²) >= 11 is 0. The lowest BCUT2D eigenvalue weighted by Crippen LogP contribution is -2.50. The standard InChI is InChI=1S/C15H23N5O/c16-14(18-21)13-6-3-7-17-15(13)20-10-8-19(9-11-20)12-4-1-2-5-12/h3,6-7,12,21H,1-2,4-5,8-11H2,(H2,16,18). The lowest BCUT2D eigenvalue weighted by Gasteiger charge is -2.39. The van der Waals surface area contributed by atoms with Crippen molar-refractivity contribution >= 4 is 11.7 Å². The van der Waals surface area contributed by atoms with E-state index < -0.39 is 0 Å². The van der Waals surface area contributed by atoms with E-state index in [2.05, 4.69) is 19.9 Å². The molecule has 1 aromatic rings. The monoisotopic (exact) mass is 289 g/mol. The Balaban J connectivity index is 1.69. The molecular formula is C15H23N5O. The highest BCUT2D eigenvalue weighted by Gasteiger charge is 2.27. The van der Waals surface area contributed by atoms with Gasteiger partial charge >= 0.3 is 0 Å². The number of hydrogen-bond acceptors (Lipinski definition) is 5. The Morgan fingerprint density at radius 2 is 1.95 bits per heavy atom. The van der Waals surface area contributed by atoms with Gasteiger partial charge < -0.3 is 15.8 Å². The molecule has 1 aromatic heterocycles. The first-order valence-corrected chi connectivity index (χ1v) is 7.71. The highest BCUT2D eigenvalue weighted by atomic mass is 16.4. The number of pyridine rings is 1. The zero-order valence-corrected chi connectivity index (χ0v) is 12.3. The molecule has 1 aliphatic carbocycles. The van der Waals surface area contributed by atoms with Crippen LogP contribution in [0.5, 0.6) is 0 Å². The summed E-state index contributed by atoms with van der Waals surface area (Å²) in [5, 5.41) is 12.0. The Bertz CT molecular complexity index is 505. The third-order valence-electron chi connectivity index (χ3n) is 4.63. The van der Waals surface area contributed by atoms with E-state index in [0.29, 0.717) is 5.56 Å². The predicted octanol–water partition coefficient (Wildman–Crippen LogP) is 1.24. The number of amidine groups is 1. The van der Waals surface area contributed by atoms with Crippen LogP contribution in [0.15, 0.2) is 23.5 Å². The third kappa shape index (κ3) is 2.95. The second-order valence-corrected chi connectivity index (χ2v) is 5.82. The molecule has 3 rings (SSSR count). The van der Waals surface area contributed by atoms with Crippen molar-refractivity contribution in [3.8, 4) is 0 Å². The molecule has 3 N–H and O–H groups in total. The molecule has 1 saturated heterocycles. The molecule has 2 heterocycles. The fourth-order valence-electron chi connectivity index (χ4n) is 3.47. The second kappa shape index (κ2) is 6.30. The van der Waals surface area contributed by atoms with Gasteiger partial charge in [0.15, 0.2) is 5.84 Å². The van der Waals surface area contributed by atoms with Gasteiger partial charge in [-0.2, -0.15) is 0 Å². The highest BCUT2D eigenvalue weighted by molar-refractivity contribution is 6.01. The molecule has 2 fully saturated rings. The van der Waals surface area contributed by atoms with Crippen LogP contribution in [-0.4, -0.2) is 53.1 Å². The number of rotatable bonds is 3. The zero-order chi connectivity index (χ0) is 14.7. The van der Waals surface area contributed by atoms with Crippen molar-refractivity contribution in [2.24, 2.45) is 10.9 Å². The number of hydrogen-bond donors (Lipinski definition) is 2. The van der Waals surface area contributed by atoms with Gasteiger partial charge in [-0.3, -0.25) is 4.90 Å². The molecule has 21 heavy (non-hydrogen) atoms. The Labute approximate surface area is 125 Å². The van der Waals surface area contributed by atoms with Crippen LogP contribution in [-0.2, 0) is 0 Å². The van der Waals surface area contributed by atoms with Crippen molar-refractivity contribution in [2.75, 3.05) is 31.1 Å². The minimum absolute atomic E-state index is 0.122. The lowest BCUT2D eigenvalue weighted by atomic mass is 10.1. The Hall–Kier alpha value is -1.82. The molecular weight excluding hydrogens is 266 g/mol. The van der Waals surface area contributed by atoms with E-state index in [-0.39, 0.29) is 5.84 Å². The maximum Gasteiger partial charge on any atom is 0.173 e. The highest BCUT2D eigenvalue weighted by Crippen LogP contribution is 2.26. The molecule has 0 atom stereocenters.